The van der Waals surface area contributed by atoms with Crippen LogP contribution in [0.4, 0.5) is 0 Å². The van der Waals surface area contributed by atoms with Crippen LogP contribution in [0.25, 0.3) is 0 Å². The van der Waals surface area contributed by atoms with Gasteiger partial charge in [-0.3, -0.25) is 0 Å². The fourth-order valence-corrected chi connectivity index (χ4v) is 2.82. The van der Waals surface area contributed by atoms with Crippen molar-refractivity contribution in [3.8, 4) is 5.75 Å². The van der Waals surface area contributed by atoms with Gasteiger partial charge in [0.25, 0.3) is 0 Å². The van der Waals surface area contributed by atoms with E-state index in [1.807, 2.05) is 38.1 Å². The number of aliphatic hydroxyl groups excluding tert-OH is 1. The summed E-state index contributed by atoms with van der Waals surface area (Å²) in [7, 11) is 0. The molecule has 0 aliphatic carbocycles. The lowest BCUT2D eigenvalue weighted by atomic mass is 10.1. The number of hydrogen-bond donors (Lipinski definition) is 1. The Balaban J connectivity index is 1.90. The lowest BCUT2D eigenvalue weighted by molar-refractivity contribution is 0.203. The normalized spacial score (nSPS) is 12.4. The Morgan fingerprint density at radius 3 is 2.19 bits per heavy atom. The first-order valence-corrected chi connectivity index (χ1v) is 8.17. The van der Waals surface area contributed by atoms with Gasteiger partial charge in [-0.15, -0.1) is 11.8 Å². The quantitative estimate of drug-likeness (QED) is 0.790. The van der Waals surface area contributed by atoms with Crippen molar-refractivity contribution < 1.29 is 9.84 Å². The van der Waals surface area contributed by atoms with E-state index in [1.54, 1.807) is 11.8 Å². The van der Waals surface area contributed by atoms with Gasteiger partial charge in [-0.2, -0.15) is 0 Å². The second-order valence-corrected chi connectivity index (χ2v) is 6.47. The molecule has 3 heteroatoms. The molecule has 0 amide bonds. The Morgan fingerprint density at radius 2 is 1.62 bits per heavy atom. The maximum Gasteiger partial charge on any atom is 0.119 e. The summed E-state index contributed by atoms with van der Waals surface area (Å²) in [5.74, 6) is 1.49. The molecule has 1 N–H and O–H groups in total. The summed E-state index contributed by atoms with van der Waals surface area (Å²) in [5, 5.41) is 10.2. The Kier molecular flexibility index (Phi) is 5.71. The van der Waals surface area contributed by atoms with Gasteiger partial charge < -0.3 is 9.84 Å². The minimum Gasteiger partial charge on any atom is -0.491 e. The number of thioether (sulfide) groups is 1. The molecule has 0 fully saturated rings. The van der Waals surface area contributed by atoms with E-state index < -0.39 is 6.10 Å². The fourth-order valence-electron chi connectivity index (χ4n) is 1.95. The molecule has 0 aliphatic heterocycles. The zero-order chi connectivity index (χ0) is 15.2. The average molecular weight is 302 g/mol. The fraction of sp³-hybridized carbons (Fsp3) is 0.333. The maximum atomic E-state index is 10.2. The monoisotopic (exact) mass is 302 g/mol. The topological polar surface area (TPSA) is 29.5 Å². The lowest BCUT2D eigenvalue weighted by Crippen LogP contribution is -2.06. The number of aliphatic hydroxyl groups is 1. The summed E-state index contributed by atoms with van der Waals surface area (Å²) in [4.78, 5) is 1.18. The first kappa shape index (κ1) is 15.9. The van der Waals surface area contributed by atoms with Gasteiger partial charge in [-0.25, -0.2) is 0 Å². The molecule has 2 rings (SSSR count). The molecule has 0 bridgehead atoms. The summed E-state index contributed by atoms with van der Waals surface area (Å²) < 4.78 is 5.60. The lowest BCUT2D eigenvalue weighted by Gasteiger charge is -2.13. The molecule has 0 heterocycles. The smallest absolute Gasteiger partial charge is 0.119 e. The van der Waals surface area contributed by atoms with Crippen molar-refractivity contribution in [3.05, 3.63) is 59.7 Å². The predicted octanol–water partition coefficient (Wildman–Crippen LogP) is 4.61. The van der Waals surface area contributed by atoms with Crippen LogP contribution in [0.5, 0.6) is 5.75 Å². The predicted molar refractivity (Wildman–Crippen MR) is 89.1 cm³/mol. The SMILES string of the molecule is Cc1ccc(SCC(O)c2ccc(OC(C)C)cc2)cc1. The van der Waals surface area contributed by atoms with E-state index in [9.17, 15) is 5.11 Å². The van der Waals surface area contributed by atoms with Crippen molar-refractivity contribution in [1.29, 1.82) is 0 Å². The number of rotatable bonds is 6. The molecule has 21 heavy (non-hydrogen) atoms. The Morgan fingerprint density at radius 1 is 1.00 bits per heavy atom. The number of aryl methyl sites for hydroxylation is 1. The van der Waals surface area contributed by atoms with E-state index in [4.69, 9.17) is 4.74 Å². The second kappa shape index (κ2) is 7.53. The number of ether oxygens (including phenoxy) is 1. The van der Waals surface area contributed by atoms with Crippen molar-refractivity contribution in [2.24, 2.45) is 0 Å². The van der Waals surface area contributed by atoms with E-state index in [1.165, 1.54) is 10.5 Å². The highest BCUT2D eigenvalue weighted by molar-refractivity contribution is 7.99. The van der Waals surface area contributed by atoms with Gasteiger partial charge in [0, 0.05) is 10.6 Å². The molecule has 0 spiro atoms. The first-order chi connectivity index (χ1) is 10.0. The van der Waals surface area contributed by atoms with Crippen LogP contribution in [0.1, 0.15) is 31.1 Å². The third-order valence-corrected chi connectivity index (χ3v) is 4.15. The maximum absolute atomic E-state index is 10.2. The van der Waals surface area contributed by atoms with E-state index in [2.05, 4.69) is 31.2 Å². The van der Waals surface area contributed by atoms with Crippen LogP contribution in [-0.4, -0.2) is 17.0 Å². The summed E-state index contributed by atoms with van der Waals surface area (Å²) in [5.41, 5.74) is 2.17. The molecular weight excluding hydrogens is 280 g/mol. The van der Waals surface area contributed by atoms with Crippen molar-refractivity contribution >= 4 is 11.8 Å². The molecule has 0 radical (unpaired) electrons. The Bertz CT molecular complexity index is 546. The zero-order valence-corrected chi connectivity index (χ0v) is 13.6. The van der Waals surface area contributed by atoms with E-state index >= 15 is 0 Å². The van der Waals surface area contributed by atoms with Gasteiger partial charge in [0.1, 0.15) is 5.75 Å². The molecule has 1 unspecified atom stereocenters. The van der Waals surface area contributed by atoms with Crippen molar-refractivity contribution in [2.45, 2.75) is 37.9 Å². The van der Waals surface area contributed by atoms with E-state index in [0.717, 1.165) is 11.3 Å². The van der Waals surface area contributed by atoms with Crippen LogP contribution >= 0.6 is 11.8 Å². The standard InChI is InChI=1S/C18H22O2S/c1-13(2)20-16-8-6-15(7-9-16)18(19)12-21-17-10-4-14(3)5-11-17/h4-11,13,18-19H,12H2,1-3H3. The molecule has 2 aromatic carbocycles. The molecule has 0 saturated heterocycles. The van der Waals surface area contributed by atoms with Crippen LogP contribution in [0.15, 0.2) is 53.4 Å². The van der Waals surface area contributed by atoms with Gasteiger partial charge in [0.05, 0.1) is 12.2 Å². The highest BCUT2D eigenvalue weighted by Crippen LogP contribution is 2.26. The molecular formula is C18H22O2S. The largest absolute Gasteiger partial charge is 0.491 e. The molecule has 0 aliphatic rings. The molecule has 2 aromatic rings. The molecule has 0 aromatic heterocycles. The molecule has 0 saturated carbocycles. The summed E-state index contributed by atoms with van der Waals surface area (Å²) in [6.07, 6.45) is -0.303. The second-order valence-electron chi connectivity index (χ2n) is 5.38. The number of benzene rings is 2. The van der Waals surface area contributed by atoms with Gasteiger partial charge in [-0.1, -0.05) is 29.8 Å². The van der Waals surface area contributed by atoms with Crippen LogP contribution < -0.4 is 4.74 Å². The minimum atomic E-state index is -0.468. The van der Waals surface area contributed by atoms with Gasteiger partial charge in [-0.05, 0) is 50.6 Å². The molecule has 1 atom stereocenters. The first-order valence-electron chi connectivity index (χ1n) is 7.19. The summed E-state index contributed by atoms with van der Waals surface area (Å²) in [6.45, 7) is 6.08. The third kappa shape index (κ3) is 5.10. The van der Waals surface area contributed by atoms with Gasteiger partial charge >= 0.3 is 0 Å². The van der Waals surface area contributed by atoms with Crippen molar-refractivity contribution in [3.63, 3.8) is 0 Å². The van der Waals surface area contributed by atoms with Crippen LogP contribution in [0, 0.1) is 6.92 Å². The molecule has 112 valence electrons. The van der Waals surface area contributed by atoms with Gasteiger partial charge in [0.2, 0.25) is 0 Å². The summed E-state index contributed by atoms with van der Waals surface area (Å²) in [6, 6.07) is 16.0. The number of hydrogen-bond acceptors (Lipinski definition) is 3. The zero-order valence-electron chi connectivity index (χ0n) is 12.7. The molecule has 2 nitrogen and oxygen atoms in total. The van der Waals surface area contributed by atoms with E-state index in [-0.39, 0.29) is 6.10 Å². The van der Waals surface area contributed by atoms with Crippen molar-refractivity contribution in [1.82, 2.24) is 0 Å². The highest BCUT2D eigenvalue weighted by atomic mass is 32.2. The van der Waals surface area contributed by atoms with Crippen LogP contribution in [0.3, 0.4) is 0 Å². The highest BCUT2D eigenvalue weighted by Gasteiger charge is 2.09. The Hall–Kier alpha value is -1.45. The minimum absolute atomic E-state index is 0.165. The van der Waals surface area contributed by atoms with Crippen LogP contribution in [0.2, 0.25) is 0 Å². The third-order valence-electron chi connectivity index (χ3n) is 3.07. The van der Waals surface area contributed by atoms with Gasteiger partial charge in [0.15, 0.2) is 0 Å². The average Bonchev–Trinajstić information content (AvgIpc) is 2.46. The van der Waals surface area contributed by atoms with Crippen molar-refractivity contribution in [2.75, 3.05) is 5.75 Å². The van der Waals surface area contributed by atoms with E-state index in [0.29, 0.717) is 5.75 Å². The summed E-state index contributed by atoms with van der Waals surface area (Å²) >= 11 is 1.67. The van der Waals surface area contributed by atoms with Crippen LogP contribution in [-0.2, 0) is 0 Å². The Labute approximate surface area is 131 Å².